The number of hydrogen-bond donors (Lipinski definition) is 5. The zero-order valence-electron chi connectivity index (χ0n) is 21.4. The average Bonchev–Trinajstić information content (AvgIpc) is 2.93. The zero-order chi connectivity index (χ0) is 28.4. The van der Waals surface area contributed by atoms with Crippen LogP contribution in [-0.4, -0.2) is 49.2 Å². The topological polar surface area (TPSA) is 166 Å². The number of benzene rings is 2. The van der Waals surface area contributed by atoms with Crippen LogP contribution in [0, 0.1) is 0 Å². The maximum atomic E-state index is 13.5. The van der Waals surface area contributed by atoms with Gasteiger partial charge in [-0.1, -0.05) is 12.1 Å². The van der Waals surface area contributed by atoms with Crippen molar-refractivity contribution in [2.75, 3.05) is 13.7 Å². The molecule has 40 heavy (non-hydrogen) atoms. The second kappa shape index (κ2) is 10.8. The molecular weight excluding hydrogens is 516 g/mol. The third kappa shape index (κ3) is 5.17. The number of nitrogens with one attached hydrogen (secondary N) is 2. The molecule has 204 valence electrons. The lowest BCUT2D eigenvalue weighted by molar-refractivity contribution is -0.121. The van der Waals surface area contributed by atoms with Gasteiger partial charge in [-0.15, -0.1) is 0 Å². The van der Waals surface area contributed by atoms with Gasteiger partial charge < -0.3 is 30.4 Å². The molecule has 2 aromatic carbocycles. The number of aromatic hydroxyl groups is 3. The van der Waals surface area contributed by atoms with Gasteiger partial charge in [0.1, 0.15) is 11.4 Å². The third-order valence-electron chi connectivity index (χ3n) is 6.72. The summed E-state index contributed by atoms with van der Waals surface area (Å²) >= 11 is 0. The molecule has 11 nitrogen and oxygen atoms in total. The first-order chi connectivity index (χ1) is 19.2. The second-order valence-electron chi connectivity index (χ2n) is 9.27. The minimum absolute atomic E-state index is 0.112. The smallest absolute Gasteiger partial charge is 0.265 e. The first kappa shape index (κ1) is 26.3. The van der Waals surface area contributed by atoms with E-state index in [4.69, 9.17) is 4.74 Å². The van der Waals surface area contributed by atoms with Gasteiger partial charge in [0.25, 0.3) is 11.1 Å². The van der Waals surface area contributed by atoms with Gasteiger partial charge in [0.15, 0.2) is 11.5 Å². The highest BCUT2D eigenvalue weighted by Gasteiger charge is 2.29. The number of phenols is 2. The molecule has 0 fully saturated rings. The molecule has 11 heteroatoms. The van der Waals surface area contributed by atoms with E-state index in [-0.39, 0.29) is 41.2 Å². The Kier molecular flexibility index (Phi) is 7.11. The molecule has 0 unspecified atom stereocenters. The quantitative estimate of drug-likeness (QED) is 0.187. The van der Waals surface area contributed by atoms with Crippen LogP contribution in [0.2, 0.25) is 0 Å². The molecule has 1 amide bonds. The van der Waals surface area contributed by atoms with Gasteiger partial charge >= 0.3 is 0 Å². The lowest BCUT2D eigenvalue weighted by Crippen LogP contribution is -2.32. The zero-order valence-corrected chi connectivity index (χ0v) is 21.4. The maximum absolute atomic E-state index is 13.5. The van der Waals surface area contributed by atoms with Crippen molar-refractivity contribution in [2.45, 2.75) is 18.8 Å². The second-order valence-corrected chi connectivity index (χ2v) is 9.27. The number of aromatic amines is 1. The van der Waals surface area contributed by atoms with Crippen LogP contribution in [0.3, 0.4) is 0 Å². The van der Waals surface area contributed by atoms with E-state index < -0.39 is 28.8 Å². The fourth-order valence-electron chi connectivity index (χ4n) is 4.67. The van der Waals surface area contributed by atoms with Crippen molar-refractivity contribution in [1.82, 2.24) is 19.7 Å². The van der Waals surface area contributed by atoms with E-state index in [0.29, 0.717) is 28.6 Å². The lowest BCUT2D eigenvalue weighted by atomic mass is 9.89. The molecule has 0 aliphatic rings. The number of hydrogen-bond acceptors (Lipinski definition) is 8. The number of ether oxygens (including phenoxy) is 1. The van der Waals surface area contributed by atoms with E-state index in [9.17, 15) is 29.7 Å². The standard InChI is InChI=1S/C29H26N4O7/c1-40-18-7-6-17-13-20(27(37)31-21(17)14-18)19(26-28(38)32-24-4-2-3-11-33(24)29(26)39)15-25(36)30-10-9-16-5-8-22(34)23(35)12-16/h2-8,11-14,19,34-35,38H,9-10,15H2,1H3,(H,30,36)(H,31,37)/t19-/m0/s1. The van der Waals surface area contributed by atoms with E-state index in [1.165, 1.54) is 29.8 Å². The summed E-state index contributed by atoms with van der Waals surface area (Å²) in [5, 5.41) is 33.4. The number of pyridine rings is 2. The maximum Gasteiger partial charge on any atom is 0.265 e. The fraction of sp³-hybridized carbons (Fsp3) is 0.172. The Balaban J connectivity index is 1.52. The summed E-state index contributed by atoms with van der Waals surface area (Å²) in [6.45, 7) is 0.185. The molecule has 0 saturated heterocycles. The predicted molar refractivity (Wildman–Crippen MR) is 147 cm³/mol. The predicted octanol–water partition coefficient (Wildman–Crippen LogP) is 2.54. The molecule has 0 radical (unpaired) electrons. The minimum Gasteiger partial charge on any atom is -0.504 e. The molecular formula is C29H26N4O7. The van der Waals surface area contributed by atoms with E-state index in [1.54, 1.807) is 48.5 Å². The summed E-state index contributed by atoms with van der Waals surface area (Å²) in [4.78, 5) is 46.8. The SMILES string of the molecule is COc1ccc2cc([C@H](CC(=O)NCCc3ccc(O)c(O)c3)c3c(O)nc4ccccn4c3=O)c(=O)[nH]c2c1. The van der Waals surface area contributed by atoms with E-state index in [1.807, 2.05) is 0 Å². The Morgan fingerprint density at radius 1 is 1.05 bits per heavy atom. The summed E-state index contributed by atoms with van der Waals surface area (Å²) in [5.74, 6) is -2.13. The van der Waals surface area contributed by atoms with Crippen LogP contribution in [0.15, 0.2) is 76.4 Å². The largest absolute Gasteiger partial charge is 0.504 e. The minimum atomic E-state index is -1.12. The first-order valence-corrected chi connectivity index (χ1v) is 12.4. The van der Waals surface area contributed by atoms with E-state index in [0.717, 1.165) is 0 Å². The molecule has 3 aromatic heterocycles. The molecule has 5 rings (SSSR count). The van der Waals surface area contributed by atoms with Crippen molar-refractivity contribution in [1.29, 1.82) is 0 Å². The number of rotatable bonds is 8. The summed E-state index contributed by atoms with van der Waals surface area (Å²) < 4.78 is 6.48. The lowest BCUT2D eigenvalue weighted by Gasteiger charge is -2.18. The van der Waals surface area contributed by atoms with Gasteiger partial charge in [0.05, 0.1) is 18.2 Å². The van der Waals surface area contributed by atoms with Crippen LogP contribution in [0.1, 0.15) is 29.0 Å². The van der Waals surface area contributed by atoms with Gasteiger partial charge in [0, 0.05) is 36.7 Å². The number of nitrogens with zero attached hydrogens (tertiary/aromatic N) is 2. The Labute approximate surface area is 227 Å². The molecule has 0 aliphatic heterocycles. The Morgan fingerprint density at radius 3 is 2.65 bits per heavy atom. The summed E-state index contributed by atoms with van der Waals surface area (Å²) in [7, 11) is 1.51. The summed E-state index contributed by atoms with van der Waals surface area (Å²) in [6, 6.07) is 15.9. The number of H-pyrrole nitrogens is 1. The van der Waals surface area contributed by atoms with Crippen LogP contribution in [0.4, 0.5) is 0 Å². The number of carbonyl (C=O) groups excluding carboxylic acids is 1. The van der Waals surface area contributed by atoms with Crippen molar-refractivity contribution < 1.29 is 24.9 Å². The van der Waals surface area contributed by atoms with Crippen LogP contribution in [0.25, 0.3) is 16.6 Å². The van der Waals surface area contributed by atoms with Gasteiger partial charge in [-0.2, -0.15) is 4.98 Å². The average molecular weight is 543 g/mol. The molecule has 0 aliphatic carbocycles. The van der Waals surface area contributed by atoms with Crippen LogP contribution >= 0.6 is 0 Å². The molecule has 5 N–H and O–H groups in total. The van der Waals surface area contributed by atoms with Crippen molar-refractivity contribution in [3.63, 3.8) is 0 Å². The van der Waals surface area contributed by atoms with Crippen molar-refractivity contribution >= 4 is 22.5 Å². The van der Waals surface area contributed by atoms with Crippen molar-refractivity contribution in [3.8, 4) is 23.1 Å². The fourth-order valence-corrected chi connectivity index (χ4v) is 4.67. The number of fused-ring (bicyclic) bond motifs is 2. The van der Waals surface area contributed by atoms with Gasteiger partial charge in [-0.3, -0.25) is 18.8 Å². The molecule has 5 aromatic rings. The first-order valence-electron chi connectivity index (χ1n) is 12.4. The Morgan fingerprint density at radius 2 is 1.88 bits per heavy atom. The van der Waals surface area contributed by atoms with Crippen molar-refractivity contribution in [2.24, 2.45) is 0 Å². The van der Waals surface area contributed by atoms with Gasteiger partial charge in [-0.25, -0.2) is 0 Å². The van der Waals surface area contributed by atoms with E-state index >= 15 is 0 Å². The number of phenolic OH excluding ortho intramolecular Hbond substituents is 2. The third-order valence-corrected chi connectivity index (χ3v) is 6.72. The number of carbonyl (C=O) groups is 1. The number of aromatic nitrogens is 3. The summed E-state index contributed by atoms with van der Waals surface area (Å²) in [5.41, 5.74) is 0.203. The highest BCUT2D eigenvalue weighted by atomic mass is 16.5. The molecule has 0 spiro atoms. The number of amides is 1. The monoisotopic (exact) mass is 542 g/mol. The van der Waals surface area contributed by atoms with Crippen LogP contribution < -0.4 is 21.2 Å². The number of methoxy groups -OCH3 is 1. The van der Waals surface area contributed by atoms with Gasteiger partial charge in [-0.05, 0) is 59.8 Å². The molecule has 1 atom stereocenters. The van der Waals surface area contributed by atoms with E-state index in [2.05, 4.69) is 15.3 Å². The Hall–Kier alpha value is -5.32. The molecule has 3 heterocycles. The highest BCUT2D eigenvalue weighted by molar-refractivity contribution is 5.82. The van der Waals surface area contributed by atoms with Gasteiger partial charge in [0.2, 0.25) is 11.8 Å². The molecule has 0 bridgehead atoms. The van der Waals surface area contributed by atoms with Crippen LogP contribution in [-0.2, 0) is 11.2 Å². The highest BCUT2D eigenvalue weighted by Crippen LogP contribution is 2.31. The molecule has 0 saturated carbocycles. The van der Waals surface area contributed by atoms with Crippen LogP contribution in [0.5, 0.6) is 23.1 Å². The Bertz CT molecular complexity index is 1860. The normalized spacial score (nSPS) is 11.9. The van der Waals surface area contributed by atoms with Crippen molar-refractivity contribution in [3.05, 3.63) is 104 Å². The summed E-state index contributed by atoms with van der Waals surface area (Å²) in [6.07, 6.45) is 1.53.